The summed E-state index contributed by atoms with van der Waals surface area (Å²) in [5, 5.41) is 14.2. The highest BCUT2D eigenvalue weighted by atomic mass is 28.3. The van der Waals surface area contributed by atoms with Crippen molar-refractivity contribution >= 4 is 20.0 Å². The van der Waals surface area contributed by atoms with Gasteiger partial charge >= 0.3 is 6.09 Å². The summed E-state index contributed by atoms with van der Waals surface area (Å²) in [4.78, 5) is 23.2. The summed E-state index contributed by atoms with van der Waals surface area (Å²) in [6, 6.07) is 3.78. The van der Waals surface area contributed by atoms with E-state index in [0.717, 1.165) is 38.8 Å². The Morgan fingerprint density at radius 2 is 1.87 bits per heavy atom. The van der Waals surface area contributed by atoms with Crippen LogP contribution in [0, 0.1) is 10.1 Å². The van der Waals surface area contributed by atoms with Crippen LogP contribution < -0.4 is 14.8 Å². The highest BCUT2D eigenvalue weighted by Gasteiger charge is 2.30. The van der Waals surface area contributed by atoms with Crippen molar-refractivity contribution in [1.82, 2.24) is 9.88 Å². The predicted molar refractivity (Wildman–Crippen MR) is 118 cm³/mol. The standard InChI is InChI=1S/C20H33N3O7Si/c1-15(16-13-18(27-2)19(28-3)14-17(16)23(25)26)30-20(24)21-7-6-12-31(4,5)22-8-10-29-11-9-22/h13-15H,6-12H2,1-5H3,(H,21,24). The molecule has 0 radical (unpaired) electrons. The molecule has 174 valence electrons. The number of hydrogen-bond donors (Lipinski definition) is 1. The number of ether oxygens (including phenoxy) is 4. The Kier molecular flexibility index (Phi) is 9.08. The van der Waals surface area contributed by atoms with Crippen molar-refractivity contribution in [2.24, 2.45) is 0 Å². The average molecular weight is 456 g/mol. The Hall–Kier alpha value is -2.37. The molecule has 1 unspecified atom stereocenters. The second-order valence-electron chi connectivity index (χ2n) is 8.01. The minimum Gasteiger partial charge on any atom is -0.493 e. The lowest BCUT2D eigenvalue weighted by molar-refractivity contribution is -0.386. The zero-order valence-corrected chi connectivity index (χ0v) is 19.9. The first-order valence-corrected chi connectivity index (χ1v) is 13.5. The van der Waals surface area contributed by atoms with Gasteiger partial charge in [-0.2, -0.15) is 0 Å². The fraction of sp³-hybridized carbons (Fsp3) is 0.650. The quantitative estimate of drug-likeness (QED) is 0.247. The summed E-state index contributed by atoms with van der Waals surface area (Å²) in [6.07, 6.45) is -0.599. The molecule has 1 atom stereocenters. The number of alkyl carbamates (subject to hydrolysis) is 1. The number of rotatable bonds is 10. The summed E-state index contributed by atoms with van der Waals surface area (Å²) in [5.74, 6) is 0.566. The van der Waals surface area contributed by atoms with Crippen molar-refractivity contribution in [2.75, 3.05) is 47.1 Å². The third kappa shape index (κ3) is 6.81. The maximum Gasteiger partial charge on any atom is 0.407 e. The Balaban J connectivity index is 1.90. The smallest absolute Gasteiger partial charge is 0.407 e. The van der Waals surface area contributed by atoms with Gasteiger partial charge in [-0.1, -0.05) is 13.1 Å². The van der Waals surface area contributed by atoms with Crippen LogP contribution in [0.2, 0.25) is 19.1 Å². The second-order valence-corrected chi connectivity index (χ2v) is 12.8. The van der Waals surface area contributed by atoms with Crippen LogP contribution >= 0.6 is 0 Å². The van der Waals surface area contributed by atoms with Crippen LogP contribution in [0.5, 0.6) is 11.5 Å². The van der Waals surface area contributed by atoms with Crippen LogP contribution in [-0.4, -0.2) is 70.9 Å². The fourth-order valence-electron chi connectivity index (χ4n) is 3.67. The summed E-state index contributed by atoms with van der Waals surface area (Å²) in [5.41, 5.74) is 0.0369. The van der Waals surface area contributed by atoms with Gasteiger partial charge in [0, 0.05) is 19.6 Å². The van der Waals surface area contributed by atoms with Crippen molar-refractivity contribution in [3.63, 3.8) is 0 Å². The largest absolute Gasteiger partial charge is 0.493 e. The molecule has 1 saturated heterocycles. The molecule has 1 heterocycles. The third-order valence-corrected chi connectivity index (χ3v) is 9.29. The van der Waals surface area contributed by atoms with Gasteiger partial charge in [0.05, 0.1) is 44.0 Å². The molecule has 1 aromatic carbocycles. The number of carbonyl (C=O) groups is 1. The van der Waals surface area contributed by atoms with Crippen LogP contribution in [-0.2, 0) is 9.47 Å². The van der Waals surface area contributed by atoms with E-state index in [-0.39, 0.29) is 17.0 Å². The van der Waals surface area contributed by atoms with Gasteiger partial charge in [0.2, 0.25) is 0 Å². The van der Waals surface area contributed by atoms with E-state index in [2.05, 4.69) is 23.0 Å². The average Bonchev–Trinajstić information content (AvgIpc) is 2.76. The molecule has 2 rings (SSSR count). The van der Waals surface area contributed by atoms with Gasteiger partial charge in [-0.3, -0.25) is 10.1 Å². The Labute approximate surface area is 184 Å². The number of hydrogen-bond acceptors (Lipinski definition) is 8. The highest BCUT2D eigenvalue weighted by molar-refractivity contribution is 6.74. The lowest BCUT2D eigenvalue weighted by Crippen LogP contribution is -2.53. The second kappa shape index (κ2) is 11.3. The van der Waals surface area contributed by atoms with E-state index in [9.17, 15) is 14.9 Å². The minimum atomic E-state index is -1.54. The molecular weight excluding hydrogens is 422 g/mol. The van der Waals surface area contributed by atoms with Crippen LogP contribution in [0.15, 0.2) is 12.1 Å². The van der Waals surface area contributed by atoms with E-state index in [0.29, 0.717) is 12.3 Å². The number of amides is 1. The molecule has 1 aliphatic rings. The zero-order chi connectivity index (χ0) is 23.0. The van der Waals surface area contributed by atoms with Crippen LogP contribution in [0.25, 0.3) is 0 Å². The molecule has 1 aromatic rings. The molecule has 0 spiro atoms. The third-order valence-electron chi connectivity index (χ3n) is 5.55. The Morgan fingerprint density at radius 1 is 1.26 bits per heavy atom. The summed E-state index contributed by atoms with van der Waals surface area (Å²) >= 11 is 0. The molecule has 0 saturated carbocycles. The molecular formula is C20H33N3O7Si. The first-order chi connectivity index (χ1) is 14.7. The molecule has 1 fully saturated rings. The number of carbonyl (C=O) groups excluding carboxylic acids is 1. The van der Waals surface area contributed by atoms with E-state index >= 15 is 0 Å². The molecule has 0 bridgehead atoms. The number of nitro groups is 1. The SMILES string of the molecule is COc1cc(C(C)OC(=O)NCCC[Si](C)(C)N2CCOCC2)c([N+](=O)[O-])cc1OC. The lowest BCUT2D eigenvalue weighted by atomic mass is 10.1. The number of benzene rings is 1. The molecule has 10 nitrogen and oxygen atoms in total. The molecule has 1 N–H and O–H groups in total. The molecule has 0 aliphatic carbocycles. The van der Waals surface area contributed by atoms with Crippen molar-refractivity contribution in [2.45, 2.75) is 38.6 Å². The minimum absolute atomic E-state index is 0.198. The normalized spacial score (nSPS) is 15.8. The molecule has 1 amide bonds. The molecule has 31 heavy (non-hydrogen) atoms. The Morgan fingerprint density at radius 3 is 2.45 bits per heavy atom. The zero-order valence-electron chi connectivity index (χ0n) is 18.9. The van der Waals surface area contributed by atoms with Crippen molar-refractivity contribution in [1.29, 1.82) is 0 Å². The van der Waals surface area contributed by atoms with Crippen LogP contribution in [0.1, 0.15) is 25.0 Å². The Bertz CT molecular complexity index is 769. The topological polar surface area (TPSA) is 112 Å². The lowest BCUT2D eigenvalue weighted by Gasteiger charge is -2.39. The van der Waals surface area contributed by atoms with E-state index < -0.39 is 25.4 Å². The van der Waals surface area contributed by atoms with Gasteiger partial charge < -0.3 is 28.8 Å². The van der Waals surface area contributed by atoms with Gasteiger partial charge in [-0.25, -0.2) is 4.79 Å². The van der Waals surface area contributed by atoms with Crippen molar-refractivity contribution in [3.8, 4) is 11.5 Å². The van der Waals surface area contributed by atoms with Gasteiger partial charge in [-0.15, -0.1) is 0 Å². The summed E-state index contributed by atoms with van der Waals surface area (Å²) in [6.45, 7) is 10.2. The van der Waals surface area contributed by atoms with E-state index in [1.54, 1.807) is 6.92 Å². The number of methoxy groups -OCH3 is 2. The van der Waals surface area contributed by atoms with E-state index in [4.69, 9.17) is 18.9 Å². The number of morpholine rings is 1. The maximum absolute atomic E-state index is 12.2. The molecule has 1 aliphatic heterocycles. The predicted octanol–water partition coefficient (Wildman–Crippen LogP) is 3.33. The van der Waals surface area contributed by atoms with Gasteiger partial charge in [0.15, 0.2) is 11.5 Å². The van der Waals surface area contributed by atoms with E-state index in [1.807, 2.05) is 0 Å². The first-order valence-electron chi connectivity index (χ1n) is 10.4. The van der Waals surface area contributed by atoms with E-state index in [1.165, 1.54) is 26.4 Å². The monoisotopic (exact) mass is 455 g/mol. The van der Waals surface area contributed by atoms with Crippen LogP contribution in [0.3, 0.4) is 0 Å². The molecule has 0 aromatic heterocycles. The van der Waals surface area contributed by atoms with Crippen LogP contribution in [0.4, 0.5) is 10.5 Å². The summed E-state index contributed by atoms with van der Waals surface area (Å²) in [7, 11) is 1.30. The maximum atomic E-state index is 12.2. The van der Waals surface area contributed by atoms with Gasteiger partial charge in [0.1, 0.15) is 14.3 Å². The molecule has 11 heteroatoms. The van der Waals surface area contributed by atoms with Crippen molar-refractivity contribution in [3.05, 3.63) is 27.8 Å². The van der Waals surface area contributed by atoms with Crippen molar-refractivity contribution < 1.29 is 28.7 Å². The fourth-order valence-corrected chi connectivity index (χ4v) is 6.42. The van der Waals surface area contributed by atoms with Gasteiger partial charge in [0.25, 0.3) is 5.69 Å². The number of nitro benzene ring substituents is 1. The first kappa shape index (κ1) is 24.9. The van der Waals surface area contributed by atoms with Gasteiger partial charge in [-0.05, 0) is 25.5 Å². The highest BCUT2D eigenvalue weighted by Crippen LogP contribution is 2.38. The summed E-state index contributed by atoms with van der Waals surface area (Å²) < 4.78 is 23.7. The number of nitrogens with zero attached hydrogens (tertiary/aromatic N) is 2. The number of nitrogens with one attached hydrogen (secondary N) is 1.